The second kappa shape index (κ2) is 8.48. The van der Waals surface area contributed by atoms with E-state index in [0.29, 0.717) is 30.3 Å². The minimum atomic E-state index is -0.238. The fraction of sp³-hybridized carbons (Fsp3) is 0.192. The molecule has 0 spiro atoms. The van der Waals surface area contributed by atoms with Crippen LogP contribution in [0.25, 0.3) is 6.08 Å². The lowest BCUT2D eigenvalue weighted by atomic mass is 10.0. The van der Waals surface area contributed by atoms with Crippen molar-refractivity contribution in [3.8, 4) is 17.2 Å². The summed E-state index contributed by atoms with van der Waals surface area (Å²) in [7, 11) is 1.59. The van der Waals surface area contributed by atoms with E-state index in [1.54, 1.807) is 31.4 Å². The first-order chi connectivity index (χ1) is 15.6. The van der Waals surface area contributed by atoms with Gasteiger partial charge in [0, 0.05) is 18.7 Å². The van der Waals surface area contributed by atoms with Gasteiger partial charge in [0.2, 0.25) is 5.78 Å². The van der Waals surface area contributed by atoms with Crippen LogP contribution in [0.3, 0.4) is 0 Å². The highest BCUT2D eigenvalue weighted by atomic mass is 19.1. The van der Waals surface area contributed by atoms with Crippen LogP contribution in [0.2, 0.25) is 0 Å². The molecule has 2 heterocycles. The number of hydrogen-bond acceptors (Lipinski definition) is 5. The minimum Gasteiger partial charge on any atom is -0.496 e. The summed E-state index contributed by atoms with van der Waals surface area (Å²) in [5, 5.41) is 0. The predicted molar refractivity (Wildman–Crippen MR) is 118 cm³/mol. The number of fused-ring (bicyclic) bond motifs is 3. The molecule has 3 aromatic carbocycles. The van der Waals surface area contributed by atoms with Gasteiger partial charge in [0.15, 0.2) is 5.76 Å². The van der Waals surface area contributed by atoms with E-state index in [0.717, 1.165) is 35.4 Å². The molecule has 2 aliphatic rings. The highest BCUT2D eigenvalue weighted by Gasteiger charge is 2.33. The van der Waals surface area contributed by atoms with E-state index in [1.807, 2.05) is 30.3 Å². The maximum atomic E-state index is 13.1. The van der Waals surface area contributed by atoms with Gasteiger partial charge in [-0.1, -0.05) is 30.3 Å². The van der Waals surface area contributed by atoms with Crippen molar-refractivity contribution in [3.63, 3.8) is 0 Å². The lowest BCUT2D eigenvalue weighted by molar-refractivity contribution is 0.0949. The molecule has 0 radical (unpaired) electrons. The first-order valence-corrected chi connectivity index (χ1v) is 10.4. The molecule has 0 aliphatic carbocycles. The van der Waals surface area contributed by atoms with Gasteiger partial charge in [-0.05, 0) is 48.4 Å². The average molecular weight is 431 g/mol. The van der Waals surface area contributed by atoms with Crippen LogP contribution in [-0.2, 0) is 13.0 Å². The van der Waals surface area contributed by atoms with Crippen LogP contribution in [0.15, 0.2) is 66.4 Å². The average Bonchev–Trinajstić information content (AvgIpc) is 3.14. The number of ether oxygens (including phenoxy) is 3. The van der Waals surface area contributed by atoms with Gasteiger partial charge in [0.25, 0.3) is 0 Å². The maximum Gasteiger partial charge on any atom is 0.231 e. The normalized spacial score (nSPS) is 16.3. The van der Waals surface area contributed by atoms with Gasteiger partial charge in [0.05, 0.1) is 18.2 Å². The van der Waals surface area contributed by atoms with Crippen molar-refractivity contribution >= 4 is 11.9 Å². The number of hydrogen-bond donors (Lipinski definition) is 0. The van der Waals surface area contributed by atoms with E-state index >= 15 is 0 Å². The number of halogens is 1. The minimum absolute atomic E-state index is 0.155. The van der Waals surface area contributed by atoms with Crippen molar-refractivity contribution in [2.45, 2.75) is 13.0 Å². The van der Waals surface area contributed by atoms with E-state index in [-0.39, 0.29) is 17.4 Å². The van der Waals surface area contributed by atoms with Gasteiger partial charge in [0.1, 0.15) is 29.8 Å². The van der Waals surface area contributed by atoms with Gasteiger partial charge in [-0.25, -0.2) is 4.39 Å². The number of rotatable bonds is 5. The summed E-state index contributed by atoms with van der Waals surface area (Å²) >= 11 is 0. The summed E-state index contributed by atoms with van der Waals surface area (Å²) in [6.45, 7) is 1.80. The number of nitrogens with zero attached hydrogens (tertiary/aromatic N) is 1. The van der Waals surface area contributed by atoms with E-state index < -0.39 is 0 Å². The predicted octanol–water partition coefficient (Wildman–Crippen LogP) is 4.85. The molecule has 0 atom stereocenters. The Kier molecular flexibility index (Phi) is 5.37. The zero-order valence-electron chi connectivity index (χ0n) is 17.6. The number of methoxy groups -OCH3 is 1. The molecule has 5 rings (SSSR count). The highest BCUT2D eigenvalue weighted by Crippen LogP contribution is 2.42. The van der Waals surface area contributed by atoms with Crippen molar-refractivity contribution < 1.29 is 23.4 Å². The zero-order chi connectivity index (χ0) is 22.1. The van der Waals surface area contributed by atoms with Crippen molar-refractivity contribution in [1.29, 1.82) is 0 Å². The van der Waals surface area contributed by atoms with Gasteiger partial charge >= 0.3 is 0 Å². The SMILES string of the molecule is COc1ccccc1/C=C1\Oc2c(ccc3c2CN(CCc2ccc(F)cc2)CO3)C1=O. The fourth-order valence-corrected chi connectivity index (χ4v) is 4.01. The molecule has 3 aromatic rings. The quantitative estimate of drug-likeness (QED) is 0.541. The van der Waals surface area contributed by atoms with Crippen molar-refractivity contribution in [2.75, 3.05) is 20.4 Å². The van der Waals surface area contributed by atoms with Crippen molar-refractivity contribution in [1.82, 2.24) is 4.90 Å². The first kappa shape index (κ1) is 20.3. The summed E-state index contributed by atoms with van der Waals surface area (Å²) < 4.78 is 30.5. The molecule has 0 fully saturated rings. The summed E-state index contributed by atoms with van der Waals surface area (Å²) in [5.41, 5.74) is 3.24. The zero-order valence-corrected chi connectivity index (χ0v) is 17.6. The number of carbonyl (C=O) groups is 1. The van der Waals surface area contributed by atoms with Crippen molar-refractivity contribution in [3.05, 3.63) is 94.5 Å². The summed E-state index contributed by atoms with van der Waals surface area (Å²) in [6, 6.07) is 17.6. The van der Waals surface area contributed by atoms with Crippen LogP contribution in [0.5, 0.6) is 17.2 Å². The maximum absolute atomic E-state index is 13.1. The molecule has 0 saturated carbocycles. The van der Waals surface area contributed by atoms with E-state index in [2.05, 4.69) is 4.90 Å². The topological polar surface area (TPSA) is 48.0 Å². The van der Waals surface area contributed by atoms with Crippen LogP contribution in [0.4, 0.5) is 4.39 Å². The monoisotopic (exact) mass is 431 g/mol. The van der Waals surface area contributed by atoms with Gasteiger partial charge in [-0.2, -0.15) is 0 Å². The van der Waals surface area contributed by atoms with Gasteiger partial charge < -0.3 is 14.2 Å². The third-order valence-electron chi connectivity index (χ3n) is 5.74. The van der Waals surface area contributed by atoms with E-state index in [4.69, 9.17) is 14.2 Å². The number of Topliss-reactive ketones (excluding diaryl/α,β-unsaturated/α-hetero) is 1. The summed E-state index contributed by atoms with van der Waals surface area (Å²) in [5.74, 6) is 1.83. The number of allylic oxidation sites excluding steroid dienone is 1. The number of benzene rings is 3. The molecule has 6 heteroatoms. The van der Waals surface area contributed by atoms with E-state index in [9.17, 15) is 9.18 Å². The van der Waals surface area contributed by atoms with Gasteiger partial charge in [-0.15, -0.1) is 0 Å². The number of ketones is 1. The Bertz CT molecular complexity index is 1200. The summed E-state index contributed by atoms with van der Waals surface area (Å²) in [6.07, 6.45) is 2.48. The molecule has 2 aliphatic heterocycles. The van der Waals surface area contributed by atoms with Crippen LogP contribution >= 0.6 is 0 Å². The molecule has 0 bridgehead atoms. The van der Waals surface area contributed by atoms with Crippen LogP contribution in [-0.4, -0.2) is 31.1 Å². The lowest BCUT2D eigenvalue weighted by Gasteiger charge is -2.29. The molecular formula is C26H22FNO4. The Morgan fingerprint density at radius 1 is 1.09 bits per heavy atom. The molecule has 0 aromatic heterocycles. The Morgan fingerprint density at radius 2 is 1.91 bits per heavy atom. The molecule has 162 valence electrons. The molecule has 32 heavy (non-hydrogen) atoms. The second-order valence-electron chi connectivity index (χ2n) is 7.80. The van der Waals surface area contributed by atoms with Gasteiger partial charge in [-0.3, -0.25) is 9.69 Å². The molecule has 0 N–H and O–H groups in total. The van der Waals surface area contributed by atoms with Crippen LogP contribution in [0, 0.1) is 5.82 Å². The lowest BCUT2D eigenvalue weighted by Crippen LogP contribution is -2.33. The van der Waals surface area contributed by atoms with Crippen LogP contribution < -0.4 is 14.2 Å². The molecule has 0 saturated heterocycles. The molecule has 5 nitrogen and oxygen atoms in total. The van der Waals surface area contributed by atoms with E-state index in [1.165, 1.54) is 12.1 Å². The Hall–Kier alpha value is -3.64. The van der Waals surface area contributed by atoms with Crippen LogP contribution in [0.1, 0.15) is 27.0 Å². The highest BCUT2D eigenvalue weighted by molar-refractivity contribution is 6.15. The van der Waals surface area contributed by atoms with Crippen molar-refractivity contribution in [2.24, 2.45) is 0 Å². The standard InChI is InChI=1S/C26H22FNO4/c1-30-22-5-3-2-4-18(22)14-24-25(29)20-10-11-23-21(26(20)32-24)15-28(16-31-23)13-12-17-6-8-19(27)9-7-17/h2-11,14H,12-13,15-16H2,1H3/b24-14-. The molecule has 0 amide bonds. The number of carbonyl (C=O) groups excluding carboxylic acids is 1. The smallest absolute Gasteiger partial charge is 0.231 e. The Labute approximate surface area is 185 Å². The third kappa shape index (κ3) is 3.85. The molecular weight excluding hydrogens is 409 g/mol. The fourth-order valence-electron chi connectivity index (χ4n) is 4.01. The Morgan fingerprint density at radius 3 is 2.72 bits per heavy atom. The molecule has 0 unspecified atom stereocenters. The third-order valence-corrected chi connectivity index (χ3v) is 5.74. The first-order valence-electron chi connectivity index (χ1n) is 10.4. The number of para-hydroxylation sites is 1. The largest absolute Gasteiger partial charge is 0.496 e. The Balaban J connectivity index is 1.37. The second-order valence-corrected chi connectivity index (χ2v) is 7.80. The summed E-state index contributed by atoms with van der Waals surface area (Å²) in [4.78, 5) is 15.1.